The Morgan fingerprint density at radius 3 is 2.85 bits per heavy atom. The predicted molar refractivity (Wildman–Crippen MR) is 95.0 cm³/mol. The first-order valence-electron chi connectivity index (χ1n) is 8.88. The number of ketones is 1. The third-order valence-corrected chi connectivity index (χ3v) is 5.20. The van der Waals surface area contributed by atoms with Crippen LogP contribution >= 0.6 is 0 Å². The van der Waals surface area contributed by atoms with Crippen LogP contribution in [0.5, 0.6) is 0 Å². The van der Waals surface area contributed by atoms with Gasteiger partial charge in [0, 0.05) is 37.3 Å². The number of nitrogens with one attached hydrogen (secondary N) is 2. The molecule has 3 heterocycles. The number of piperazine rings is 1. The summed E-state index contributed by atoms with van der Waals surface area (Å²) < 4.78 is 5.35. The Bertz CT molecular complexity index is 914. The number of hydrogen-bond donors (Lipinski definition) is 2. The minimum absolute atomic E-state index is 0.000361. The Morgan fingerprint density at radius 2 is 2.08 bits per heavy atom. The smallest absolute Gasteiger partial charge is 0.263 e. The largest absolute Gasteiger partial charge is 0.334 e. The Balaban J connectivity index is 1.70. The lowest BCUT2D eigenvalue weighted by atomic mass is 9.75. The van der Waals surface area contributed by atoms with Gasteiger partial charge in [0.25, 0.3) is 11.4 Å². The second kappa shape index (κ2) is 6.14. The second-order valence-electron chi connectivity index (χ2n) is 8.00. The predicted octanol–water partition coefficient (Wildman–Crippen LogP) is 1.16. The lowest BCUT2D eigenvalue weighted by molar-refractivity contribution is 0.0910. The zero-order chi connectivity index (χ0) is 18.5. The molecule has 2 N–H and O–H groups in total. The van der Waals surface area contributed by atoms with Gasteiger partial charge in [-0.1, -0.05) is 19.0 Å². The van der Waals surface area contributed by atoms with Crippen LogP contribution in [0.3, 0.4) is 0 Å². The molecule has 8 nitrogen and oxygen atoms in total. The number of H-pyrrole nitrogens is 1. The maximum atomic E-state index is 12.5. The van der Waals surface area contributed by atoms with E-state index in [-0.39, 0.29) is 34.3 Å². The van der Waals surface area contributed by atoms with Gasteiger partial charge in [0.1, 0.15) is 5.56 Å². The van der Waals surface area contributed by atoms with E-state index >= 15 is 0 Å². The molecule has 1 unspecified atom stereocenters. The fourth-order valence-corrected chi connectivity index (χ4v) is 3.76. The van der Waals surface area contributed by atoms with Gasteiger partial charge in [-0.25, -0.2) is 0 Å². The van der Waals surface area contributed by atoms with Gasteiger partial charge >= 0.3 is 0 Å². The fraction of sp³-hybridized carbons (Fsp3) is 0.556. The zero-order valence-corrected chi connectivity index (χ0v) is 15.3. The van der Waals surface area contributed by atoms with E-state index in [9.17, 15) is 9.59 Å². The highest BCUT2D eigenvalue weighted by Gasteiger charge is 2.33. The number of rotatable bonds is 2. The molecule has 4 rings (SSSR count). The van der Waals surface area contributed by atoms with E-state index in [1.54, 1.807) is 6.07 Å². The van der Waals surface area contributed by atoms with E-state index in [1.165, 1.54) is 0 Å². The molecule has 0 aromatic carbocycles. The van der Waals surface area contributed by atoms with Crippen molar-refractivity contribution in [3.8, 4) is 11.5 Å². The monoisotopic (exact) mass is 357 g/mol. The number of Topliss-reactive ketones (excluding diaryl/α,β-unsaturated/α-hetero) is 1. The summed E-state index contributed by atoms with van der Waals surface area (Å²) in [5.41, 5.74) is 1.04. The highest BCUT2D eigenvalue weighted by Crippen LogP contribution is 2.34. The van der Waals surface area contributed by atoms with Crippen molar-refractivity contribution >= 4 is 5.78 Å². The summed E-state index contributed by atoms with van der Waals surface area (Å²) in [4.78, 5) is 34.5. The first kappa shape index (κ1) is 17.1. The van der Waals surface area contributed by atoms with E-state index < -0.39 is 0 Å². The van der Waals surface area contributed by atoms with Crippen LogP contribution < -0.4 is 10.9 Å². The van der Waals surface area contributed by atoms with Gasteiger partial charge in [-0.3, -0.25) is 14.5 Å². The molecule has 1 atom stereocenters. The first-order valence-corrected chi connectivity index (χ1v) is 8.88. The van der Waals surface area contributed by atoms with Gasteiger partial charge < -0.3 is 14.8 Å². The molecular weight excluding hydrogens is 334 g/mol. The van der Waals surface area contributed by atoms with Crippen LogP contribution in [-0.4, -0.2) is 52.5 Å². The number of fused-ring (bicyclic) bond motifs is 1. The van der Waals surface area contributed by atoms with Crippen molar-refractivity contribution in [3.05, 3.63) is 33.5 Å². The number of likely N-dealkylation sites (N-methyl/N-ethyl adjacent to an activating group) is 1. The number of carbonyl (C=O) groups excluding carboxylic acids is 1. The molecule has 0 spiro atoms. The molecule has 1 fully saturated rings. The molecule has 0 saturated carbocycles. The number of carbonyl (C=O) groups is 1. The van der Waals surface area contributed by atoms with Crippen LogP contribution in [0, 0.1) is 5.41 Å². The molecule has 1 saturated heterocycles. The Kier molecular flexibility index (Phi) is 4.04. The molecule has 1 aliphatic heterocycles. The van der Waals surface area contributed by atoms with Gasteiger partial charge in [-0.05, 0) is 24.9 Å². The van der Waals surface area contributed by atoms with Gasteiger partial charge in [-0.15, -0.1) is 0 Å². The zero-order valence-electron chi connectivity index (χ0n) is 15.3. The Hall–Kier alpha value is -2.32. The summed E-state index contributed by atoms with van der Waals surface area (Å²) in [6, 6.07) is 1.60. The van der Waals surface area contributed by atoms with Gasteiger partial charge in [0.15, 0.2) is 11.6 Å². The van der Waals surface area contributed by atoms with Crippen LogP contribution in [0.1, 0.15) is 48.2 Å². The Labute approximate surface area is 151 Å². The maximum Gasteiger partial charge on any atom is 0.263 e. The highest BCUT2D eigenvalue weighted by molar-refractivity contribution is 5.99. The number of aromatic nitrogens is 3. The van der Waals surface area contributed by atoms with Gasteiger partial charge in [-0.2, -0.15) is 4.98 Å². The van der Waals surface area contributed by atoms with Crippen molar-refractivity contribution in [1.82, 2.24) is 25.3 Å². The lowest BCUT2D eigenvalue weighted by Crippen LogP contribution is -2.44. The van der Waals surface area contributed by atoms with E-state index in [1.807, 2.05) is 20.9 Å². The Morgan fingerprint density at radius 1 is 1.27 bits per heavy atom. The van der Waals surface area contributed by atoms with Crippen molar-refractivity contribution in [2.45, 2.75) is 32.7 Å². The van der Waals surface area contributed by atoms with Crippen molar-refractivity contribution in [1.29, 1.82) is 0 Å². The lowest BCUT2D eigenvalue weighted by Gasteiger charge is -2.30. The van der Waals surface area contributed by atoms with Crippen LogP contribution in [0.4, 0.5) is 0 Å². The fourth-order valence-electron chi connectivity index (χ4n) is 3.76. The molecule has 0 radical (unpaired) electrons. The van der Waals surface area contributed by atoms with E-state index in [0.717, 1.165) is 19.6 Å². The number of hydrogen-bond acceptors (Lipinski definition) is 7. The molecule has 2 aliphatic rings. The van der Waals surface area contributed by atoms with E-state index in [0.29, 0.717) is 29.9 Å². The van der Waals surface area contributed by atoms with Crippen molar-refractivity contribution in [3.63, 3.8) is 0 Å². The van der Waals surface area contributed by atoms with Crippen LogP contribution in [0.25, 0.3) is 11.5 Å². The molecule has 0 bridgehead atoms. The third kappa shape index (κ3) is 2.99. The summed E-state index contributed by atoms with van der Waals surface area (Å²) >= 11 is 0. The van der Waals surface area contributed by atoms with Gasteiger partial charge in [0.2, 0.25) is 0 Å². The average Bonchev–Trinajstić information content (AvgIpc) is 3.03. The minimum atomic E-state index is -0.306. The normalized spacial score (nSPS) is 23.0. The molecular formula is C18H23N5O3. The maximum absolute atomic E-state index is 12.5. The van der Waals surface area contributed by atoms with E-state index in [4.69, 9.17) is 4.52 Å². The quantitative estimate of drug-likeness (QED) is 0.831. The highest BCUT2D eigenvalue weighted by atomic mass is 16.5. The number of nitrogens with zero attached hydrogens (tertiary/aromatic N) is 3. The molecule has 138 valence electrons. The summed E-state index contributed by atoms with van der Waals surface area (Å²) in [5.74, 6) is 0.727. The first-order chi connectivity index (χ1) is 12.3. The van der Waals surface area contributed by atoms with Crippen LogP contribution in [-0.2, 0) is 6.42 Å². The summed E-state index contributed by atoms with van der Waals surface area (Å²) in [6.45, 7) is 6.58. The number of aromatic amines is 1. The van der Waals surface area contributed by atoms with Crippen molar-refractivity contribution in [2.24, 2.45) is 5.41 Å². The third-order valence-electron chi connectivity index (χ3n) is 5.20. The molecule has 1 aliphatic carbocycles. The molecule has 26 heavy (non-hydrogen) atoms. The van der Waals surface area contributed by atoms with Crippen molar-refractivity contribution in [2.75, 3.05) is 26.7 Å². The second-order valence-corrected chi connectivity index (χ2v) is 8.00. The van der Waals surface area contributed by atoms with Crippen molar-refractivity contribution < 1.29 is 9.32 Å². The molecule has 0 amide bonds. The SMILES string of the molecule is CN1CCNCC1c1noc(-c2cc3c([nH]c2=O)CC(C)(C)CC3=O)n1. The van der Waals surface area contributed by atoms with E-state index in [2.05, 4.69) is 25.3 Å². The van der Waals surface area contributed by atoms with Crippen LogP contribution in [0.2, 0.25) is 0 Å². The summed E-state index contributed by atoms with van der Waals surface area (Å²) in [7, 11) is 2.01. The minimum Gasteiger partial charge on any atom is -0.334 e. The topological polar surface area (TPSA) is 104 Å². The standard InChI is InChI=1S/C18H23N5O3/c1-18(2)7-12-10(14(24)8-18)6-11(16(25)20-12)17-21-15(22-26-17)13-9-19-4-5-23(13)3/h6,13,19H,4-5,7-9H2,1-3H3,(H,20,25). The number of pyridine rings is 1. The summed E-state index contributed by atoms with van der Waals surface area (Å²) in [5, 5.41) is 7.36. The molecule has 2 aromatic heterocycles. The van der Waals surface area contributed by atoms with Crippen LogP contribution in [0.15, 0.2) is 15.4 Å². The molecule has 8 heteroatoms. The molecule has 2 aromatic rings. The summed E-state index contributed by atoms with van der Waals surface area (Å²) in [6.07, 6.45) is 1.12. The average molecular weight is 357 g/mol. The van der Waals surface area contributed by atoms with Gasteiger partial charge in [0.05, 0.1) is 6.04 Å².